The monoisotopic (exact) mass is 433 g/mol. The molecule has 0 bridgehead atoms. The predicted molar refractivity (Wildman–Crippen MR) is 113 cm³/mol. The van der Waals surface area contributed by atoms with E-state index in [4.69, 9.17) is 0 Å². The second-order valence-electron chi connectivity index (χ2n) is 6.16. The van der Waals surface area contributed by atoms with Crippen LogP contribution in [0.5, 0.6) is 0 Å². The first-order valence-corrected chi connectivity index (χ1v) is 10.7. The van der Waals surface area contributed by atoms with Gasteiger partial charge in [0.05, 0.1) is 10.6 Å². The molecule has 2 aromatic rings. The van der Waals surface area contributed by atoms with Gasteiger partial charge in [-0.1, -0.05) is 42.0 Å². The summed E-state index contributed by atoms with van der Waals surface area (Å²) in [6.45, 7) is 9.90. The maximum atomic E-state index is 13.4. The van der Waals surface area contributed by atoms with E-state index < -0.39 is 10.0 Å². The molecule has 0 aliphatic heterocycles. The molecule has 2 rings (SSSR count). The van der Waals surface area contributed by atoms with E-state index in [1.165, 1.54) is 4.31 Å². The number of benzene rings is 2. The molecule has 0 radical (unpaired) electrons. The Kier molecular flexibility index (Phi) is 7.23. The molecule has 2 aromatic carbocycles. The van der Waals surface area contributed by atoms with Gasteiger partial charge in [0.2, 0.25) is 0 Å². The topological polar surface area (TPSA) is 37.4 Å². The molecule has 0 aliphatic carbocycles. The lowest BCUT2D eigenvalue weighted by atomic mass is 10.0. The van der Waals surface area contributed by atoms with E-state index in [0.717, 1.165) is 22.9 Å². The summed E-state index contributed by atoms with van der Waals surface area (Å²) in [6.07, 6.45) is 5.27. The van der Waals surface area contributed by atoms with Crippen LogP contribution < -0.4 is 4.31 Å². The number of allylic oxidation sites excluding steroid dienone is 1. The SMILES string of the molecule is C=CCC[C@@H](C=C)CN(c1ccccc1Br)S(=O)(=O)c1ccc(C)cc1. The Balaban J connectivity index is 2.49. The number of sulfonamides is 1. The van der Waals surface area contributed by atoms with Crippen LogP contribution in [0.3, 0.4) is 0 Å². The maximum Gasteiger partial charge on any atom is 0.264 e. The van der Waals surface area contributed by atoms with Crippen molar-refractivity contribution in [1.82, 2.24) is 0 Å². The minimum Gasteiger partial charge on any atom is -0.265 e. The van der Waals surface area contributed by atoms with Gasteiger partial charge in [-0.2, -0.15) is 0 Å². The van der Waals surface area contributed by atoms with Crippen LogP contribution >= 0.6 is 15.9 Å². The summed E-state index contributed by atoms with van der Waals surface area (Å²) in [5, 5.41) is 0. The molecular weight excluding hydrogens is 410 g/mol. The summed E-state index contributed by atoms with van der Waals surface area (Å²) >= 11 is 3.49. The van der Waals surface area contributed by atoms with Gasteiger partial charge in [0.25, 0.3) is 10.0 Å². The van der Waals surface area contributed by atoms with E-state index in [9.17, 15) is 8.42 Å². The molecule has 138 valence electrons. The van der Waals surface area contributed by atoms with Crippen molar-refractivity contribution in [3.05, 3.63) is 83.9 Å². The van der Waals surface area contributed by atoms with Gasteiger partial charge in [-0.25, -0.2) is 8.42 Å². The fraction of sp³-hybridized carbons (Fsp3) is 0.238. The van der Waals surface area contributed by atoms with Crippen LogP contribution in [0.1, 0.15) is 18.4 Å². The van der Waals surface area contributed by atoms with Gasteiger partial charge in [-0.15, -0.1) is 13.2 Å². The third kappa shape index (κ3) is 4.86. The average Bonchev–Trinajstić information content (AvgIpc) is 2.63. The summed E-state index contributed by atoms with van der Waals surface area (Å²) in [5.41, 5.74) is 1.64. The highest BCUT2D eigenvalue weighted by Gasteiger charge is 2.28. The molecule has 0 heterocycles. The van der Waals surface area contributed by atoms with Crippen LogP contribution in [0.4, 0.5) is 5.69 Å². The summed E-state index contributed by atoms with van der Waals surface area (Å²) < 4.78 is 29.0. The standard InChI is InChI=1S/C21H24BrNO2S/c1-4-6-9-18(5-2)16-23(21-11-8-7-10-20(21)22)26(24,25)19-14-12-17(3)13-15-19/h4-5,7-8,10-15,18H,1-2,6,9,16H2,3H3/t18-/m1/s1. The number of nitrogens with zero attached hydrogens (tertiary/aromatic N) is 1. The highest BCUT2D eigenvalue weighted by atomic mass is 79.9. The minimum atomic E-state index is -3.69. The van der Waals surface area contributed by atoms with Crippen LogP contribution in [0.2, 0.25) is 0 Å². The molecule has 1 atom stereocenters. The largest absolute Gasteiger partial charge is 0.265 e. The molecule has 0 saturated heterocycles. The molecule has 0 N–H and O–H groups in total. The van der Waals surface area contributed by atoms with Crippen molar-refractivity contribution in [2.75, 3.05) is 10.8 Å². The van der Waals surface area contributed by atoms with Gasteiger partial charge in [0.15, 0.2) is 0 Å². The van der Waals surface area contributed by atoms with Crippen molar-refractivity contribution in [3.8, 4) is 0 Å². The third-order valence-electron chi connectivity index (χ3n) is 4.21. The number of hydrogen-bond acceptors (Lipinski definition) is 2. The molecule has 0 amide bonds. The molecule has 0 aliphatic rings. The van der Waals surface area contributed by atoms with Gasteiger partial charge in [0, 0.05) is 11.0 Å². The van der Waals surface area contributed by atoms with Crippen molar-refractivity contribution in [3.63, 3.8) is 0 Å². The molecule has 26 heavy (non-hydrogen) atoms. The molecule has 0 spiro atoms. The third-order valence-corrected chi connectivity index (χ3v) is 6.67. The zero-order valence-corrected chi connectivity index (χ0v) is 17.3. The van der Waals surface area contributed by atoms with Gasteiger partial charge >= 0.3 is 0 Å². The molecule has 0 fully saturated rings. The van der Waals surface area contributed by atoms with Crippen molar-refractivity contribution >= 4 is 31.6 Å². The number of anilines is 1. The number of halogens is 1. The summed E-state index contributed by atoms with van der Waals surface area (Å²) in [4.78, 5) is 0.283. The number of aryl methyl sites for hydroxylation is 1. The number of rotatable bonds is 9. The summed E-state index contributed by atoms with van der Waals surface area (Å²) in [7, 11) is -3.69. The van der Waals surface area contributed by atoms with Crippen LogP contribution in [-0.4, -0.2) is 15.0 Å². The lowest BCUT2D eigenvalue weighted by molar-refractivity contribution is 0.568. The molecule has 0 saturated carbocycles. The highest BCUT2D eigenvalue weighted by molar-refractivity contribution is 9.10. The summed E-state index contributed by atoms with van der Waals surface area (Å²) in [5.74, 6) is 0.0281. The van der Waals surface area contributed by atoms with Crippen LogP contribution in [0.15, 0.2) is 83.2 Å². The first kappa shape index (κ1) is 20.5. The zero-order valence-electron chi connectivity index (χ0n) is 14.9. The van der Waals surface area contributed by atoms with Crippen molar-refractivity contribution in [2.24, 2.45) is 5.92 Å². The lowest BCUT2D eigenvalue weighted by Crippen LogP contribution is -2.35. The predicted octanol–water partition coefficient (Wildman–Crippen LogP) is 5.72. The maximum absolute atomic E-state index is 13.4. The van der Waals surface area contributed by atoms with Crippen LogP contribution in [0, 0.1) is 12.8 Å². The minimum absolute atomic E-state index is 0.0281. The van der Waals surface area contributed by atoms with E-state index >= 15 is 0 Å². The van der Waals surface area contributed by atoms with E-state index in [2.05, 4.69) is 29.1 Å². The summed E-state index contributed by atoms with van der Waals surface area (Å²) in [6, 6.07) is 14.3. The first-order valence-electron chi connectivity index (χ1n) is 8.47. The fourth-order valence-electron chi connectivity index (χ4n) is 2.65. The average molecular weight is 434 g/mol. The molecule has 0 unspecified atom stereocenters. The van der Waals surface area contributed by atoms with Crippen LogP contribution in [0.25, 0.3) is 0 Å². The lowest BCUT2D eigenvalue weighted by Gasteiger charge is -2.28. The van der Waals surface area contributed by atoms with Crippen molar-refractivity contribution in [1.29, 1.82) is 0 Å². The Morgan fingerprint density at radius 3 is 2.35 bits per heavy atom. The second kappa shape index (κ2) is 9.19. The quantitative estimate of drug-likeness (QED) is 0.474. The van der Waals surface area contributed by atoms with Gasteiger partial charge in [0.1, 0.15) is 0 Å². The highest BCUT2D eigenvalue weighted by Crippen LogP contribution is 2.32. The van der Waals surface area contributed by atoms with Gasteiger partial charge in [-0.3, -0.25) is 4.31 Å². The number of hydrogen-bond donors (Lipinski definition) is 0. The van der Waals surface area contributed by atoms with Crippen LogP contribution in [-0.2, 0) is 10.0 Å². The van der Waals surface area contributed by atoms with Crippen molar-refractivity contribution < 1.29 is 8.42 Å². The molecule has 0 aromatic heterocycles. The Morgan fingerprint density at radius 2 is 1.77 bits per heavy atom. The van der Waals surface area contributed by atoms with E-state index in [1.807, 2.05) is 55.5 Å². The van der Waals surface area contributed by atoms with E-state index in [1.54, 1.807) is 12.1 Å². The zero-order chi connectivity index (χ0) is 19.2. The van der Waals surface area contributed by atoms with E-state index in [-0.39, 0.29) is 10.8 Å². The smallest absolute Gasteiger partial charge is 0.264 e. The molecule has 5 heteroatoms. The first-order chi connectivity index (χ1) is 12.4. The normalized spacial score (nSPS) is 12.4. The molecule has 3 nitrogen and oxygen atoms in total. The Bertz CT molecular complexity index is 860. The van der Waals surface area contributed by atoms with Gasteiger partial charge < -0.3 is 0 Å². The Morgan fingerprint density at radius 1 is 1.12 bits per heavy atom. The second-order valence-corrected chi connectivity index (χ2v) is 8.88. The van der Waals surface area contributed by atoms with Gasteiger partial charge in [-0.05, 0) is 65.9 Å². The van der Waals surface area contributed by atoms with Crippen molar-refractivity contribution in [2.45, 2.75) is 24.7 Å². The molecular formula is C21H24BrNO2S. The Hall–Kier alpha value is -1.85. The number of para-hydroxylation sites is 1. The van der Waals surface area contributed by atoms with E-state index in [0.29, 0.717) is 12.2 Å². The fourth-order valence-corrected chi connectivity index (χ4v) is 4.80. The Labute approximate surface area is 165 Å².